The summed E-state index contributed by atoms with van der Waals surface area (Å²) in [5.74, 6) is 1.46. The molecule has 4 heteroatoms. The van der Waals surface area contributed by atoms with Crippen LogP contribution >= 0.6 is 0 Å². The van der Waals surface area contributed by atoms with Crippen LogP contribution in [0.3, 0.4) is 0 Å². The van der Waals surface area contributed by atoms with Gasteiger partial charge in [-0.15, -0.1) is 0 Å². The number of rotatable bonds is 5. The molecule has 0 heterocycles. The highest BCUT2D eigenvalue weighted by Gasteiger charge is 2.13. The lowest BCUT2D eigenvalue weighted by atomic mass is 9.87. The smallest absolute Gasteiger partial charge is 0.319 e. The van der Waals surface area contributed by atoms with Crippen molar-refractivity contribution in [2.24, 2.45) is 5.92 Å². The van der Waals surface area contributed by atoms with Crippen molar-refractivity contribution in [2.45, 2.75) is 38.5 Å². The highest BCUT2D eigenvalue weighted by molar-refractivity contribution is 5.90. The minimum absolute atomic E-state index is 0.162. The predicted molar refractivity (Wildman–Crippen MR) is 81.2 cm³/mol. The second-order valence-electron chi connectivity index (χ2n) is 5.37. The van der Waals surface area contributed by atoms with E-state index >= 15 is 0 Å². The van der Waals surface area contributed by atoms with E-state index in [1.165, 1.54) is 32.1 Å². The van der Waals surface area contributed by atoms with Crippen molar-refractivity contribution in [1.82, 2.24) is 5.32 Å². The van der Waals surface area contributed by atoms with E-state index in [1.807, 2.05) is 24.3 Å². The number of hydrogen-bond acceptors (Lipinski definition) is 2. The number of anilines is 1. The zero-order valence-electron chi connectivity index (χ0n) is 12.2. The van der Waals surface area contributed by atoms with Crippen molar-refractivity contribution >= 4 is 11.7 Å². The Hall–Kier alpha value is -1.71. The summed E-state index contributed by atoms with van der Waals surface area (Å²) in [7, 11) is 1.60. The van der Waals surface area contributed by atoms with E-state index < -0.39 is 0 Å². The number of nitrogens with one attached hydrogen (secondary N) is 2. The van der Waals surface area contributed by atoms with E-state index in [-0.39, 0.29) is 6.03 Å². The Morgan fingerprint density at radius 3 is 2.75 bits per heavy atom. The molecule has 0 spiro atoms. The molecule has 110 valence electrons. The molecule has 0 aliphatic heterocycles. The molecule has 0 radical (unpaired) electrons. The first-order chi connectivity index (χ1) is 9.79. The van der Waals surface area contributed by atoms with Gasteiger partial charge in [0.25, 0.3) is 0 Å². The molecule has 0 aromatic heterocycles. The Balaban J connectivity index is 1.72. The fourth-order valence-electron chi connectivity index (χ4n) is 2.78. The second kappa shape index (κ2) is 7.78. The molecule has 1 saturated carbocycles. The minimum atomic E-state index is -0.162. The largest absolute Gasteiger partial charge is 0.495 e. The first-order valence-electron chi connectivity index (χ1n) is 7.47. The lowest BCUT2D eigenvalue weighted by Crippen LogP contribution is -2.30. The van der Waals surface area contributed by atoms with Gasteiger partial charge in [0.1, 0.15) is 5.75 Å². The lowest BCUT2D eigenvalue weighted by molar-refractivity contribution is 0.250. The number of amides is 2. The van der Waals surface area contributed by atoms with Gasteiger partial charge in [-0.2, -0.15) is 0 Å². The van der Waals surface area contributed by atoms with Gasteiger partial charge in [-0.3, -0.25) is 0 Å². The molecule has 0 saturated heterocycles. The van der Waals surface area contributed by atoms with Crippen molar-refractivity contribution in [3.8, 4) is 5.75 Å². The Bertz CT molecular complexity index is 428. The number of para-hydroxylation sites is 2. The highest BCUT2D eigenvalue weighted by Crippen LogP contribution is 2.26. The van der Waals surface area contributed by atoms with Gasteiger partial charge in [-0.25, -0.2) is 4.79 Å². The van der Waals surface area contributed by atoms with Gasteiger partial charge in [0.15, 0.2) is 0 Å². The number of methoxy groups -OCH3 is 1. The molecule has 4 nitrogen and oxygen atoms in total. The van der Waals surface area contributed by atoms with E-state index in [0.29, 0.717) is 11.4 Å². The summed E-state index contributed by atoms with van der Waals surface area (Å²) in [6, 6.07) is 7.26. The fraction of sp³-hybridized carbons (Fsp3) is 0.562. The summed E-state index contributed by atoms with van der Waals surface area (Å²) < 4.78 is 5.20. The van der Waals surface area contributed by atoms with Crippen molar-refractivity contribution in [3.63, 3.8) is 0 Å². The van der Waals surface area contributed by atoms with Crippen LogP contribution in [0.5, 0.6) is 5.75 Å². The third-order valence-corrected chi connectivity index (χ3v) is 3.92. The lowest BCUT2D eigenvalue weighted by Gasteiger charge is -2.21. The molecule has 0 bridgehead atoms. The standard InChI is InChI=1S/C16H24N2O2/c1-20-15-10-6-5-9-14(15)18-16(19)17-12-11-13-7-3-2-4-8-13/h5-6,9-10,13H,2-4,7-8,11-12H2,1H3,(H2,17,18,19). The quantitative estimate of drug-likeness (QED) is 0.859. The Morgan fingerprint density at radius 2 is 2.00 bits per heavy atom. The van der Waals surface area contributed by atoms with E-state index in [0.717, 1.165) is 18.9 Å². The van der Waals surface area contributed by atoms with Crippen LogP contribution < -0.4 is 15.4 Å². The molecular formula is C16H24N2O2. The molecule has 20 heavy (non-hydrogen) atoms. The van der Waals surface area contributed by atoms with Gasteiger partial charge in [0.05, 0.1) is 12.8 Å². The summed E-state index contributed by atoms with van der Waals surface area (Å²) >= 11 is 0. The topological polar surface area (TPSA) is 50.4 Å². The number of urea groups is 1. The summed E-state index contributed by atoms with van der Waals surface area (Å²) in [4.78, 5) is 11.8. The van der Waals surface area contributed by atoms with Gasteiger partial charge in [-0.1, -0.05) is 44.2 Å². The first-order valence-corrected chi connectivity index (χ1v) is 7.47. The van der Waals surface area contributed by atoms with Crippen LogP contribution in [0.25, 0.3) is 0 Å². The van der Waals surface area contributed by atoms with Gasteiger partial charge in [-0.05, 0) is 24.5 Å². The highest BCUT2D eigenvalue weighted by atomic mass is 16.5. The molecule has 0 unspecified atom stereocenters. The van der Waals surface area contributed by atoms with E-state index in [2.05, 4.69) is 10.6 Å². The first kappa shape index (κ1) is 14.7. The van der Waals surface area contributed by atoms with Crippen LogP contribution in [0.1, 0.15) is 38.5 Å². The Labute approximate surface area is 120 Å². The summed E-state index contributed by atoms with van der Waals surface area (Å²) in [6.07, 6.45) is 7.78. The number of hydrogen-bond donors (Lipinski definition) is 2. The van der Waals surface area contributed by atoms with Gasteiger partial charge in [0, 0.05) is 6.54 Å². The van der Waals surface area contributed by atoms with Crippen LogP contribution in [0.2, 0.25) is 0 Å². The number of carbonyl (C=O) groups is 1. The maximum atomic E-state index is 11.8. The van der Waals surface area contributed by atoms with Gasteiger partial charge in [0.2, 0.25) is 0 Å². The normalized spacial score (nSPS) is 15.7. The Morgan fingerprint density at radius 1 is 1.25 bits per heavy atom. The predicted octanol–water partition coefficient (Wildman–Crippen LogP) is 3.79. The molecule has 1 aromatic rings. The average Bonchev–Trinajstić information content (AvgIpc) is 2.49. The number of carbonyl (C=O) groups excluding carboxylic acids is 1. The SMILES string of the molecule is COc1ccccc1NC(=O)NCCC1CCCCC1. The fourth-order valence-corrected chi connectivity index (χ4v) is 2.78. The summed E-state index contributed by atoms with van der Waals surface area (Å²) in [5, 5.41) is 5.75. The van der Waals surface area contributed by atoms with Gasteiger partial charge >= 0.3 is 6.03 Å². The number of benzene rings is 1. The molecule has 1 aromatic carbocycles. The van der Waals surface area contributed by atoms with Crippen LogP contribution in [0, 0.1) is 5.92 Å². The van der Waals surface area contributed by atoms with Crippen LogP contribution in [-0.4, -0.2) is 19.7 Å². The zero-order valence-corrected chi connectivity index (χ0v) is 12.2. The third kappa shape index (κ3) is 4.44. The van der Waals surface area contributed by atoms with Crippen molar-refractivity contribution < 1.29 is 9.53 Å². The molecule has 1 fully saturated rings. The molecule has 2 N–H and O–H groups in total. The van der Waals surface area contributed by atoms with Crippen LogP contribution in [-0.2, 0) is 0 Å². The van der Waals surface area contributed by atoms with Crippen LogP contribution in [0.15, 0.2) is 24.3 Å². The van der Waals surface area contributed by atoms with Gasteiger partial charge < -0.3 is 15.4 Å². The Kier molecular flexibility index (Phi) is 5.71. The summed E-state index contributed by atoms with van der Waals surface area (Å²) in [6.45, 7) is 0.742. The monoisotopic (exact) mass is 276 g/mol. The van der Waals surface area contributed by atoms with Crippen molar-refractivity contribution in [3.05, 3.63) is 24.3 Å². The van der Waals surface area contributed by atoms with Crippen molar-refractivity contribution in [2.75, 3.05) is 19.0 Å². The zero-order chi connectivity index (χ0) is 14.2. The molecule has 1 aliphatic rings. The summed E-state index contributed by atoms with van der Waals surface area (Å²) in [5.41, 5.74) is 0.699. The molecule has 1 aliphatic carbocycles. The van der Waals surface area contributed by atoms with E-state index in [9.17, 15) is 4.79 Å². The minimum Gasteiger partial charge on any atom is -0.495 e. The maximum absolute atomic E-state index is 11.8. The van der Waals surface area contributed by atoms with E-state index in [4.69, 9.17) is 4.74 Å². The van der Waals surface area contributed by atoms with Crippen LogP contribution in [0.4, 0.5) is 10.5 Å². The molecule has 2 rings (SSSR count). The average molecular weight is 276 g/mol. The second-order valence-corrected chi connectivity index (χ2v) is 5.37. The van der Waals surface area contributed by atoms with E-state index in [1.54, 1.807) is 7.11 Å². The van der Waals surface area contributed by atoms with Crippen molar-refractivity contribution in [1.29, 1.82) is 0 Å². The maximum Gasteiger partial charge on any atom is 0.319 e. The number of ether oxygens (including phenoxy) is 1. The molecule has 0 atom stereocenters. The molecule has 2 amide bonds. The third-order valence-electron chi connectivity index (χ3n) is 3.92. The molecular weight excluding hydrogens is 252 g/mol.